The Morgan fingerprint density at radius 3 is 2.55 bits per heavy atom. The van der Waals surface area contributed by atoms with Gasteiger partial charge in [-0.15, -0.1) is 5.10 Å². The normalized spacial score (nSPS) is 10.7. The van der Waals surface area contributed by atoms with Crippen molar-refractivity contribution >= 4 is 5.82 Å². The summed E-state index contributed by atoms with van der Waals surface area (Å²) in [5.41, 5.74) is 7.76. The van der Waals surface area contributed by atoms with Gasteiger partial charge >= 0.3 is 0 Å². The molecular formula is C14H11FN4O. The van der Waals surface area contributed by atoms with Crippen LogP contribution in [-0.4, -0.2) is 20.1 Å². The van der Waals surface area contributed by atoms with Crippen LogP contribution in [0.15, 0.2) is 48.5 Å². The second-order valence-electron chi connectivity index (χ2n) is 4.26. The van der Waals surface area contributed by atoms with E-state index in [0.717, 1.165) is 0 Å². The number of nitrogens with two attached hydrogens (primary N) is 1. The number of halogens is 1. The lowest BCUT2D eigenvalue weighted by atomic mass is 10.1. The number of hydrogen-bond acceptors (Lipinski definition) is 4. The maximum atomic E-state index is 12.9. The third-order valence-corrected chi connectivity index (χ3v) is 2.90. The van der Waals surface area contributed by atoms with Gasteiger partial charge in [0.25, 0.3) is 0 Å². The van der Waals surface area contributed by atoms with Crippen LogP contribution in [0.3, 0.4) is 0 Å². The molecule has 0 fully saturated rings. The number of aromatic nitrogens is 3. The molecule has 3 N–H and O–H groups in total. The molecule has 0 saturated heterocycles. The number of phenols is 1. The van der Waals surface area contributed by atoms with E-state index in [0.29, 0.717) is 22.8 Å². The van der Waals surface area contributed by atoms with Crippen molar-refractivity contribution in [3.05, 3.63) is 54.3 Å². The second-order valence-corrected chi connectivity index (χ2v) is 4.26. The molecule has 20 heavy (non-hydrogen) atoms. The Labute approximate surface area is 114 Å². The van der Waals surface area contributed by atoms with Gasteiger partial charge in [0.15, 0.2) is 5.82 Å². The fraction of sp³-hybridized carbons (Fsp3) is 0. The molecule has 3 aromatic rings. The van der Waals surface area contributed by atoms with Crippen molar-refractivity contribution in [2.24, 2.45) is 0 Å². The van der Waals surface area contributed by atoms with Crippen molar-refractivity contribution in [2.45, 2.75) is 0 Å². The van der Waals surface area contributed by atoms with Gasteiger partial charge in [-0.2, -0.15) is 4.68 Å². The largest absolute Gasteiger partial charge is 0.508 e. The first-order valence-electron chi connectivity index (χ1n) is 5.91. The van der Waals surface area contributed by atoms with E-state index in [2.05, 4.69) is 10.3 Å². The van der Waals surface area contributed by atoms with E-state index in [1.165, 1.54) is 22.9 Å². The number of nitrogens with zero attached hydrogens (tertiary/aromatic N) is 3. The highest BCUT2D eigenvalue weighted by molar-refractivity contribution is 5.70. The maximum absolute atomic E-state index is 12.9. The fourth-order valence-electron chi connectivity index (χ4n) is 1.92. The highest BCUT2D eigenvalue weighted by Gasteiger charge is 2.13. The van der Waals surface area contributed by atoms with Gasteiger partial charge in [-0.25, -0.2) is 4.39 Å². The summed E-state index contributed by atoms with van der Waals surface area (Å²) >= 11 is 0. The lowest BCUT2D eigenvalue weighted by Gasteiger charge is -2.04. The second kappa shape index (κ2) is 4.65. The zero-order valence-electron chi connectivity index (χ0n) is 10.4. The van der Waals surface area contributed by atoms with Crippen molar-refractivity contribution in [1.29, 1.82) is 0 Å². The quantitative estimate of drug-likeness (QED) is 0.749. The lowest BCUT2D eigenvalue weighted by molar-refractivity contribution is 0.475. The molecule has 100 valence electrons. The monoisotopic (exact) mass is 270 g/mol. The van der Waals surface area contributed by atoms with Gasteiger partial charge in [-0.05, 0) is 36.4 Å². The van der Waals surface area contributed by atoms with Gasteiger partial charge in [0.1, 0.15) is 17.3 Å². The molecule has 5 nitrogen and oxygen atoms in total. The molecular weight excluding hydrogens is 259 g/mol. The van der Waals surface area contributed by atoms with Crippen LogP contribution in [0.2, 0.25) is 0 Å². The molecule has 0 atom stereocenters. The lowest BCUT2D eigenvalue weighted by Crippen LogP contribution is -2.02. The van der Waals surface area contributed by atoms with Crippen molar-refractivity contribution in [1.82, 2.24) is 15.0 Å². The Kier molecular flexibility index (Phi) is 2.83. The van der Waals surface area contributed by atoms with E-state index >= 15 is 0 Å². The molecule has 1 aromatic heterocycles. The Morgan fingerprint density at radius 2 is 1.85 bits per heavy atom. The standard InChI is InChI=1S/C14H11FN4O/c15-10-6-4-9(5-7-10)13-14(16)19(18-17-13)11-2-1-3-12(20)8-11/h1-8,20H,16H2. The highest BCUT2D eigenvalue weighted by Crippen LogP contribution is 2.26. The van der Waals surface area contributed by atoms with Crippen LogP contribution in [0, 0.1) is 5.82 Å². The smallest absolute Gasteiger partial charge is 0.155 e. The molecule has 6 heteroatoms. The number of aromatic hydroxyl groups is 1. The third kappa shape index (κ3) is 2.07. The first-order chi connectivity index (χ1) is 9.65. The van der Waals surface area contributed by atoms with Gasteiger partial charge in [0.05, 0.1) is 5.69 Å². The minimum atomic E-state index is -0.326. The summed E-state index contributed by atoms with van der Waals surface area (Å²) in [7, 11) is 0. The van der Waals surface area contributed by atoms with Gasteiger partial charge in [-0.3, -0.25) is 0 Å². The molecule has 0 saturated carbocycles. The summed E-state index contributed by atoms with van der Waals surface area (Å²) in [6.45, 7) is 0. The number of rotatable bonds is 2. The van der Waals surface area contributed by atoms with E-state index in [1.807, 2.05) is 0 Å². The predicted octanol–water partition coefficient (Wildman–Crippen LogP) is 2.36. The van der Waals surface area contributed by atoms with Crippen LogP contribution in [0.1, 0.15) is 0 Å². The maximum Gasteiger partial charge on any atom is 0.155 e. The minimum Gasteiger partial charge on any atom is -0.508 e. The SMILES string of the molecule is Nc1c(-c2ccc(F)cc2)nnn1-c1cccc(O)c1. The Balaban J connectivity index is 2.07. The van der Waals surface area contributed by atoms with Crippen LogP contribution in [-0.2, 0) is 0 Å². The topological polar surface area (TPSA) is 77.0 Å². The van der Waals surface area contributed by atoms with E-state index < -0.39 is 0 Å². The van der Waals surface area contributed by atoms with E-state index in [-0.39, 0.29) is 11.6 Å². The zero-order valence-corrected chi connectivity index (χ0v) is 10.4. The number of benzene rings is 2. The zero-order chi connectivity index (χ0) is 14.1. The molecule has 0 unspecified atom stereocenters. The summed E-state index contributed by atoms with van der Waals surface area (Å²) in [6.07, 6.45) is 0. The first kappa shape index (κ1) is 12.2. The summed E-state index contributed by atoms with van der Waals surface area (Å²) in [6, 6.07) is 12.4. The van der Waals surface area contributed by atoms with Crippen molar-refractivity contribution < 1.29 is 9.50 Å². The van der Waals surface area contributed by atoms with Crippen LogP contribution in [0.4, 0.5) is 10.2 Å². The van der Waals surface area contributed by atoms with Crippen molar-refractivity contribution in [3.63, 3.8) is 0 Å². The number of nitrogen functional groups attached to an aromatic ring is 1. The van der Waals surface area contributed by atoms with E-state index in [9.17, 15) is 9.50 Å². The number of phenolic OH excluding ortho intramolecular Hbond substituents is 1. The average Bonchev–Trinajstić information content (AvgIpc) is 2.82. The van der Waals surface area contributed by atoms with E-state index in [1.54, 1.807) is 30.3 Å². The van der Waals surface area contributed by atoms with E-state index in [4.69, 9.17) is 5.73 Å². The molecule has 1 heterocycles. The average molecular weight is 270 g/mol. The van der Waals surface area contributed by atoms with Crippen LogP contribution in [0.25, 0.3) is 16.9 Å². The predicted molar refractivity (Wildman–Crippen MR) is 72.8 cm³/mol. The number of hydrogen-bond donors (Lipinski definition) is 2. The van der Waals surface area contributed by atoms with Gasteiger partial charge in [0, 0.05) is 11.6 Å². The molecule has 0 radical (unpaired) electrons. The molecule has 0 spiro atoms. The first-order valence-corrected chi connectivity index (χ1v) is 5.91. The minimum absolute atomic E-state index is 0.112. The van der Waals surface area contributed by atoms with Gasteiger partial charge < -0.3 is 10.8 Å². The molecule has 0 amide bonds. The molecule has 0 bridgehead atoms. The Bertz CT molecular complexity index is 752. The fourth-order valence-corrected chi connectivity index (χ4v) is 1.92. The Hall–Kier alpha value is -2.89. The van der Waals surface area contributed by atoms with Crippen LogP contribution >= 0.6 is 0 Å². The van der Waals surface area contributed by atoms with Crippen LogP contribution < -0.4 is 5.73 Å². The molecule has 0 aliphatic rings. The van der Waals surface area contributed by atoms with Crippen molar-refractivity contribution in [2.75, 3.05) is 5.73 Å². The van der Waals surface area contributed by atoms with Gasteiger partial charge in [0.2, 0.25) is 0 Å². The van der Waals surface area contributed by atoms with Crippen molar-refractivity contribution in [3.8, 4) is 22.7 Å². The summed E-state index contributed by atoms with van der Waals surface area (Å²) in [5.74, 6) is 0.107. The van der Waals surface area contributed by atoms with Crippen LogP contribution in [0.5, 0.6) is 5.75 Å². The summed E-state index contributed by atoms with van der Waals surface area (Å²) in [5, 5.41) is 17.4. The highest BCUT2D eigenvalue weighted by atomic mass is 19.1. The van der Waals surface area contributed by atoms with Gasteiger partial charge in [-0.1, -0.05) is 11.3 Å². The third-order valence-electron chi connectivity index (χ3n) is 2.90. The molecule has 2 aromatic carbocycles. The summed E-state index contributed by atoms with van der Waals surface area (Å²) in [4.78, 5) is 0. The molecule has 3 rings (SSSR count). The Morgan fingerprint density at radius 1 is 1.10 bits per heavy atom. The molecule has 0 aliphatic carbocycles. The summed E-state index contributed by atoms with van der Waals surface area (Å²) < 4.78 is 14.3. The number of anilines is 1. The molecule has 0 aliphatic heterocycles.